The van der Waals surface area contributed by atoms with Crippen LogP contribution in [0.2, 0.25) is 0 Å². The first-order valence-electron chi connectivity index (χ1n) is 7.86. The van der Waals surface area contributed by atoms with Gasteiger partial charge in [0.25, 0.3) is 0 Å². The molecule has 0 radical (unpaired) electrons. The van der Waals surface area contributed by atoms with Gasteiger partial charge in [0, 0.05) is 12.5 Å². The van der Waals surface area contributed by atoms with Crippen molar-refractivity contribution >= 4 is 5.78 Å². The number of carbonyl (C=O) groups excluding carboxylic acids is 1. The van der Waals surface area contributed by atoms with E-state index >= 15 is 0 Å². The summed E-state index contributed by atoms with van der Waals surface area (Å²) < 4.78 is 5.91. The van der Waals surface area contributed by atoms with Gasteiger partial charge in [-0.3, -0.25) is 4.79 Å². The van der Waals surface area contributed by atoms with Gasteiger partial charge in [0.05, 0.1) is 6.10 Å². The minimum absolute atomic E-state index is 0.318. The van der Waals surface area contributed by atoms with E-state index in [-0.39, 0.29) is 0 Å². The van der Waals surface area contributed by atoms with Crippen LogP contribution in [0.4, 0.5) is 0 Å². The van der Waals surface area contributed by atoms with E-state index in [4.69, 9.17) is 4.74 Å². The summed E-state index contributed by atoms with van der Waals surface area (Å²) in [7, 11) is 0. The molecule has 2 nitrogen and oxygen atoms in total. The first kappa shape index (κ1) is 15.7. The van der Waals surface area contributed by atoms with E-state index in [1.165, 1.54) is 38.5 Å². The molecular formula is C16H30O2. The zero-order valence-corrected chi connectivity index (χ0v) is 12.2. The van der Waals surface area contributed by atoms with Crippen molar-refractivity contribution in [3.05, 3.63) is 0 Å². The monoisotopic (exact) mass is 254 g/mol. The number of Topliss-reactive ketones (excluding diaryl/α,β-unsaturated/α-hetero) is 1. The van der Waals surface area contributed by atoms with Crippen LogP contribution in [-0.2, 0) is 9.53 Å². The maximum atomic E-state index is 11.3. The molecule has 1 aliphatic rings. The van der Waals surface area contributed by atoms with Crippen molar-refractivity contribution in [3.8, 4) is 0 Å². The van der Waals surface area contributed by atoms with Crippen molar-refractivity contribution in [2.24, 2.45) is 5.92 Å². The van der Waals surface area contributed by atoms with Gasteiger partial charge in [-0.05, 0) is 39.0 Å². The van der Waals surface area contributed by atoms with Crippen LogP contribution in [0.5, 0.6) is 0 Å². The Kier molecular flexibility index (Phi) is 8.32. The van der Waals surface area contributed by atoms with Crippen molar-refractivity contribution < 1.29 is 9.53 Å². The molecule has 1 saturated carbocycles. The highest BCUT2D eigenvalue weighted by Gasteiger charge is 2.23. The fraction of sp³-hybridized carbons (Fsp3) is 0.938. The highest BCUT2D eigenvalue weighted by atomic mass is 16.5. The molecule has 0 unspecified atom stereocenters. The van der Waals surface area contributed by atoms with Crippen LogP contribution in [-0.4, -0.2) is 18.5 Å². The molecule has 0 aromatic carbocycles. The average Bonchev–Trinajstić information content (AvgIpc) is 2.38. The SMILES string of the molecule is CCCCCCCCOC1CCC(C(C)=O)CC1. The minimum Gasteiger partial charge on any atom is -0.378 e. The van der Waals surface area contributed by atoms with Crippen LogP contribution in [0.3, 0.4) is 0 Å². The van der Waals surface area contributed by atoms with E-state index in [1.54, 1.807) is 6.92 Å². The summed E-state index contributed by atoms with van der Waals surface area (Å²) in [4.78, 5) is 11.3. The smallest absolute Gasteiger partial charge is 0.132 e. The molecule has 1 fully saturated rings. The molecule has 0 aliphatic heterocycles. The molecule has 0 amide bonds. The molecule has 0 atom stereocenters. The summed E-state index contributed by atoms with van der Waals surface area (Å²) in [5.74, 6) is 0.684. The number of hydrogen-bond donors (Lipinski definition) is 0. The third-order valence-corrected chi connectivity index (χ3v) is 4.10. The number of rotatable bonds is 9. The van der Waals surface area contributed by atoms with Crippen molar-refractivity contribution in [2.75, 3.05) is 6.61 Å². The van der Waals surface area contributed by atoms with Crippen molar-refractivity contribution in [1.82, 2.24) is 0 Å². The van der Waals surface area contributed by atoms with E-state index < -0.39 is 0 Å². The van der Waals surface area contributed by atoms with Gasteiger partial charge in [-0.15, -0.1) is 0 Å². The van der Waals surface area contributed by atoms with Gasteiger partial charge in [0.1, 0.15) is 5.78 Å². The predicted molar refractivity (Wildman–Crippen MR) is 75.8 cm³/mol. The molecule has 1 aliphatic carbocycles. The second-order valence-corrected chi connectivity index (χ2v) is 5.72. The van der Waals surface area contributed by atoms with Crippen molar-refractivity contribution in [2.45, 2.75) is 84.2 Å². The molecule has 1 rings (SSSR count). The molecule has 0 aromatic heterocycles. The molecule has 0 aromatic rings. The van der Waals surface area contributed by atoms with Gasteiger partial charge in [-0.1, -0.05) is 39.0 Å². The van der Waals surface area contributed by atoms with Crippen LogP contribution >= 0.6 is 0 Å². The van der Waals surface area contributed by atoms with E-state index in [2.05, 4.69) is 6.92 Å². The number of carbonyl (C=O) groups is 1. The number of ketones is 1. The molecule has 0 bridgehead atoms. The van der Waals surface area contributed by atoms with Crippen LogP contribution in [0.25, 0.3) is 0 Å². The third-order valence-electron chi connectivity index (χ3n) is 4.10. The lowest BCUT2D eigenvalue weighted by molar-refractivity contribution is -0.122. The van der Waals surface area contributed by atoms with E-state index in [1.807, 2.05) is 0 Å². The molecule has 0 spiro atoms. The Balaban J connectivity index is 1.93. The van der Waals surface area contributed by atoms with Crippen LogP contribution in [0, 0.1) is 5.92 Å². The third kappa shape index (κ3) is 6.53. The first-order valence-corrected chi connectivity index (χ1v) is 7.86. The van der Waals surface area contributed by atoms with Gasteiger partial charge < -0.3 is 4.74 Å². The lowest BCUT2D eigenvalue weighted by atomic mass is 9.85. The standard InChI is InChI=1S/C16H30O2/c1-3-4-5-6-7-8-13-18-16-11-9-15(10-12-16)14(2)17/h15-16H,3-13H2,1-2H3. The Morgan fingerprint density at radius 2 is 1.61 bits per heavy atom. The summed E-state index contributed by atoms with van der Waals surface area (Å²) in [6, 6.07) is 0. The molecule has 106 valence electrons. The highest BCUT2D eigenvalue weighted by Crippen LogP contribution is 2.26. The van der Waals surface area contributed by atoms with Gasteiger partial charge in [-0.25, -0.2) is 0 Å². The predicted octanol–water partition coefficient (Wildman–Crippen LogP) is 4.51. The molecule has 0 saturated heterocycles. The summed E-state index contributed by atoms with van der Waals surface area (Å²) in [5.41, 5.74) is 0. The highest BCUT2D eigenvalue weighted by molar-refractivity contribution is 5.78. The van der Waals surface area contributed by atoms with Gasteiger partial charge in [0.15, 0.2) is 0 Å². The van der Waals surface area contributed by atoms with Gasteiger partial charge >= 0.3 is 0 Å². The minimum atomic E-state index is 0.318. The fourth-order valence-electron chi connectivity index (χ4n) is 2.77. The quantitative estimate of drug-likeness (QED) is 0.566. The lowest BCUT2D eigenvalue weighted by Crippen LogP contribution is -2.25. The number of unbranched alkanes of at least 4 members (excludes halogenated alkanes) is 5. The van der Waals surface area contributed by atoms with Gasteiger partial charge in [-0.2, -0.15) is 0 Å². The maximum Gasteiger partial charge on any atom is 0.132 e. The Morgan fingerprint density at radius 3 is 2.22 bits per heavy atom. The van der Waals surface area contributed by atoms with Crippen molar-refractivity contribution in [3.63, 3.8) is 0 Å². The lowest BCUT2D eigenvalue weighted by Gasteiger charge is -2.27. The maximum absolute atomic E-state index is 11.3. The van der Waals surface area contributed by atoms with Gasteiger partial charge in [0.2, 0.25) is 0 Å². The number of hydrogen-bond acceptors (Lipinski definition) is 2. The topological polar surface area (TPSA) is 26.3 Å². The summed E-state index contributed by atoms with van der Waals surface area (Å²) in [6.45, 7) is 4.89. The zero-order chi connectivity index (χ0) is 13.2. The molecular weight excluding hydrogens is 224 g/mol. The number of ether oxygens (including phenoxy) is 1. The van der Waals surface area contributed by atoms with E-state index in [9.17, 15) is 4.79 Å². The molecule has 0 heterocycles. The zero-order valence-electron chi connectivity index (χ0n) is 12.2. The largest absolute Gasteiger partial charge is 0.378 e. The molecule has 2 heteroatoms. The second-order valence-electron chi connectivity index (χ2n) is 5.72. The first-order chi connectivity index (χ1) is 8.74. The summed E-state index contributed by atoms with van der Waals surface area (Å²) >= 11 is 0. The Hall–Kier alpha value is -0.370. The van der Waals surface area contributed by atoms with E-state index in [0.717, 1.165) is 32.3 Å². The van der Waals surface area contributed by atoms with Crippen LogP contribution in [0.15, 0.2) is 0 Å². The Morgan fingerprint density at radius 1 is 1.00 bits per heavy atom. The summed E-state index contributed by atoms with van der Waals surface area (Å²) in [5, 5.41) is 0. The second kappa shape index (κ2) is 9.55. The average molecular weight is 254 g/mol. The normalized spacial score (nSPS) is 24.1. The Bertz CT molecular complexity index is 217. The van der Waals surface area contributed by atoms with Crippen LogP contribution < -0.4 is 0 Å². The molecule has 0 N–H and O–H groups in total. The van der Waals surface area contributed by atoms with Crippen LogP contribution in [0.1, 0.15) is 78.1 Å². The fourth-order valence-corrected chi connectivity index (χ4v) is 2.77. The molecule has 18 heavy (non-hydrogen) atoms. The Labute approximate surface area is 112 Å². The van der Waals surface area contributed by atoms with E-state index in [0.29, 0.717) is 17.8 Å². The van der Waals surface area contributed by atoms with Crippen molar-refractivity contribution in [1.29, 1.82) is 0 Å². The summed E-state index contributed by atoms with van der Waals surface area (Å²) in [6.07, 6.45) is 12.6.